The summed E-state index contributed by atoms with van der Waals surface area (Å²) in [6.45, 7) is 1.06. The summed E-state index contributed by atoms with van der Waals surface area (Å²) in [6.07, 6.45) is 0.826. The van der Waals surface area contributed by atoms with E-state index in [2.05, 4.69) is 5.32 Å². The van der Waals surface area contributed by atoms with Crippen LogP contribution in [0.4, 0.5) is 5.69 Å². The van der Waals surface area contributed by atoms with Crippen molar-refractivity contribution in [3.05, 3.63) is 42.5 Å². The number of hydrogen-bond donors (Lipinski definition) is 1. The lowest BCUT2D eigenvalue weighted by atomic mass is 10.2. The van der Waals surface area contributed by atoms with Crippen LogP contribution < -0.4 is 19.5 Å². The number of benzene rings is 2. The standard InChI is InChI=1S/C20H22N2O6S/c1-26-16-9-8-14(29(24,25)22-10-4-5-11-22)12-15(16)21-20(23)19-13-27-17-6-2-3-7-18(17)28-19/h2-3,6-9,12,19H,4-5,10-11,13H2,1H3,(H,21,23)/t19-/m0/s1. The Labute approximate surface area is 169 Å². The van der Waals surface area contributed by atoms with E-state index in [1.54, 1.807) is 18.2 Å². The minimum Gasteiger partial charge on any atom is -0.495 e. The minimum absolute atomic E-state index is 0.0525. The van der Waals surface area contributed by atoms with Crippen LogP contribution in [-0.2, 0) is 14.8 Å². The lowest BCUT2D eigenvalue weighted by Crippen LogP contribution is -2.40. The highest BCUT2D eigenvalue weighted by Gasteiger charge is 2.30. The lowest BCUT2D eigenvalue weighted by Gasteiger charge is -2.26. The minimum atomic E-state index is -3.62. The van der Waals surface area contributed by atoms with Gasteiger partial charge in [-0.05, 0) is 43.2 Å². The maximum atomic E-state index is 12.8. The molecule has 2 aromatic rings. The molecule has 2 heterocycles. The van der Waals surface area contributed by atoms with Gasteiger partial charge in [0.2, 0.25) is 16.1 Å². The Bertz CT molecular complexity index is 1020. The zero-order valence-electron chi connectivity index (χ0n) is 16.0. The number of amides is 1. The van der Waals surface area contributed by atoms with E-state index in [-0.39, 0.29) is 17.2 Å². The van der Waals surface area contributed by atoms with E-state index in [0.29, 0.717) is 30.3 Å². The van der Waals surface area contributed by atoms with E-state index in [4.69, 9.17) is 14.2 Å². The van der Waals surface area contributed by atoms with Crippen LogP contribution in [0.2, 0.25) is 0 Å². The Kier molecular flexibility index (Phi) is 5.33. The number of carbonyl (C=O) groups is 1. The van der Waals surface area contributed by atoms with Crippen molar-refractivity contribution in [2.75, 3.05) is 32.1 Å². The molecule has 1 saturated heterocycles. The van der Waals surface area contributed by atoms with Gasteiger partial charge in [-0.3, -0.25) is 4.79 Å². The number of nitrogens with zero attached hydrogens (tertiary/aromatic N) is 1. The Morgan fingerprint density at radius 3 is 2.59 bits per heavy atom. The van der Waals surface area contributed by atoms with Gasteiger partial charge in [-0.25, -0.2) is 8.42 Å². The van der Waals surface area contributed by atoms with Crippen molar-refractivity contribution in [1.29, 1.82) is 0 Å². The van der Waals surface area contributed by atoms with Gasteiger partial charge in [0, 0.05) is 13.1 Å². The third-order valence-corrected chi connectivity index (χ3v) is 6.83. The molecule has 2 aliphatic heterocycles. The molecule has 0 spiro atoms. The zero-order chi connectivity index (χ0) is 20.4. The van der Waals surface area contributed by atoms with Gasteiger partial charge in [-0.1, -0.05) is 12.1 Å². The average molecular weight is 418 g/mol. The van der Waals surface area contributed by atoms with Crippen LogP contribution in [0.1, 0.15) is 12.8 Å². The zero-order valence-corrected chi connectivity index (χ0v) is 16.8. The second kappa shape index (κ2) is 7.92. The van der Waals surface area contributed by atoms with Gasteiger partial charge >= 0.3 is 0 Å². The Hall–Kier alpha value is -2.78. The van der Waals surface area contributed by atoms with E-state index in [1.807, 2.05) is 6.07 Å². The maximum absolute atomic E-state index is 12.8. The third kappa shape index (κ3) is 3.88. The molecule has 1 atom stereocenters. The molecule has 0 aromatic heterocycles. The molecule has 1 fully saturated rings. The normalized spacial score (nSPS) is 19.0. The summed E-state index contributed by atoms with van der Waals surface area (Å²) in [4.78, 5) is 12.8. The van der Waals surface area contributed by atoms with Gasteiger partial charge in [0.25, 0.3) is 5.91 Å². The van der Waals surface area contributed by atoms with Crippen molar-refractivity contribution in [2.24, 2.45) is 0 Å². The number of anilines is 1. The first kappa shape index (κ1) is 19.5. The van der Waals surface area contributed by atoms with Crippen LogP contribution in [0.5, 0.6) is 17.2 Å². The summed E-state index contributed by atoms with van der Waals surface area (Å²) in [7, 11) is -2.16. The molecule has 29 heavy (non-hydrogen) atoms. The smallest absolute Gasteiger partial charge is 0.269 e. The molecule has 0 bridgehead atoms. The number of rotatable bonds is 5. The van der Waals surface area contributed by atoms with Crippen LogP contribution in [0.3, 0.4) is 0 Å². The number of hydrogen-bond acceptors (Lipinski definition) is 6. The van der Waals surface area contributed by atoms with Gasteiger partial charge < -0.3 is 19.5 Å². The monoisotopic (exact) mass is 418 g/mol. The largest absolute Gasteiger partial charge is 0.495 e. The van der Waals surface area contributed by atoms with Crippen LogP contribution in [0.25, 0.3) is 0 Å². The first-order chi connectivity index (χ1) is 14.0. The molecule has 154 valence electrons. The molecule has 1 N–H and O–H groups in total. The fourth-order valence-electron chi connectivity index (χ4n) is 3.38. The number of fused-ring (bicyclic) bond motifs is 1. The highest BCUT2D eigenvalue weighted by atomic mass is 32.2. The van der Waals surface area contributed by atoms with Crippen LogP contribution in [-0.4, -0.2) is 51.5 Å². The number of nitrogens with one attached hydrogen (secondary N) is 1. The van der Waals surface area contributed by atoms with Crippen molar-refractivity contribution >= 4 is 21.6 Å². The van der Waals surface area contributed by atoms with Gasteiger partial charge in [-0.15, -0.1) is 0 Å². The van der Waals surface area contributed by atoms with Crippen LogP contribution in [0.15, 0.2) is 47.4 Å². The fourth-order valence-corrected chi connectivity index (χ4v) is 4.93. The number of ether oxygens (including phenoxy) is 3. The predicted molar refractivity (Wildman–Crippen MR) is 106 cm³/mol. The van der Waals surface area contributed by atoms with E-state index >= 15 is 0 Å². The molecule has 9 heteroatoms. The highest BCUT2D eigenvalue weighted by Crippen LogP contribution is 2.33. The molecule has 4 rings (SSSR count). The number of methoxy groups -OCH3 is 1. The van der Waals surface area contributed by atoms with Crippen molar-refractivity contribution in [2.45, 2.75) is 23.8 Å². The first-order valence-corrected chi connectivity index (χ1v) is 10.8. The summed E-state index contributed by atoms with van der Waals surface area (Å²) in [5, 5.41) is 2.71. The highest BCUT2D eigenvalue weighted by molar-refractivity contribution is 7.89. The summed E-state index contributed by atoms with van der Waals surface area (Å²) in [5.41, 5.74) is 0.264. The summed E-state index contributed by atoms with van der Waals surface area (Å²) in [6, 6.07) is 11.5. The average Bonchev–Trinajstić information content (AvgIpc) is 3.29. The molecule has 1 amide bonds. The molecule has 2 aromatic carbocycles. The maximum Gasteiger partial charge on any atom is 0.269 e. The molecule has 0 saturated carbocycles. The third-order valence-electron chi connectivity index (χ3n) is 4.93. The second-order valence-electron chi connectivity index (χ2n) is 6.83. The summed E-state index contributed by atoms with van der Waals surface area (Å²) < 4.78 is 43.7. The first-order valence-electron chi connectivity index (χ1n) is 9.36. The number of para-hydroxylation sites is 2. The Balaban J connectivity index is 1.55. The summed E-state index contributed by atoms with van der Waals surface area (Å²) in [5.74, 6) is 0.966. The van der Waals surface area contributed by atoms with E-state index < -0.39 is 22.0 Å². The quantitative estimate of drug-likeness (QED) is 0.801. The topological polar surface area (TPSA) is 94.2 Å². The van der Waals surface area contributed by atoms with Crippen molar-refractivity contribution in [3.8, 4) is 17.2 Å². The predicted octanol–water partition coefficient (Wildman–Crippen LogP) is 2.26. The lowest BCUT2D eigenvalue weighted by molar-refractivity contribution is -0.125. The van der Waals surface area contributed by atoms with E-state index in [9.17, 15) is 13.2 Å². The second-order valence-corrected chi connectivity index (χ2v) is 8.76. The van der Waals surface area contributed by atoms with Crippen molar-refractivity contribution < 1.29 is 27.4 Å². The molecule has 0 unspecified atom stereocenters. The van der Waals surface area contributed by atoms with Crippen molar-refractivity contribution in [3.63, 3.8) is 0 Å². The Morgan fingerprint density at radius 1 is 1.14 bits per heavy atom. The number of sulfonamides is 1. The number of carbonyl (C=O) groups excluding carboxylic acids is 1. The van der Waals surface area contributed by atoms with Crippen molar-refractivity contribution in [1.82, 2.24) is 4.31 Å². The van der Waals surface area contributed by atoms with Gasteiger partial charge in [0.15, 0.2) is 11.5 Å². The summed E-state index contributed by atoms with van der Waals surface area (Å²) >= 11 is 0. The SMILES string of the molecule is COc1ccc(S(=O)(=O)N2CCCC2)cc1NC(=O)[C@@H]1COc2ccccc2O1. The molecular formula is C20H22N2O6S. The van der Waals surface area contributed by atoms with Gasteiger partial charge in [0.05, 0.1) is 17.7 Å². The fraction of sp³-hybridized carbons (Fsp3) is 0.350. The molecule has 8 nitrogen and oxygen atoms in total. The Morgan fingerprint density at radius 2 is 1.86 bits per heavy atom. The molecular weight excluding hydrogens is 396 g/mol. The van der Waals surface area contributed by atoms with Gasteiger partial charge in [-0.2, -0.15) is 4.31 Å². The van der Waals surface area contributed by atoms with E-state index in [0.717, 1.165) is 12.8 Å². The molecule has 2 aliphatic rings. The van der Waals surface area contributed by atoms with Crippen LogP contribution in [0, 0.1) is 0 Å². The van der Waals surface area contributed by atoms with Gasteiger partial charge in [0.1, 0.15) is 12.4 Å². The van der Waals surface area contributed by atoms with E-state index in [1.165, 1.54) is 29.6 Å². The molecule has 0 radical (unpaired) electrons. The van der Waals surface area contributed by atoms with Crippen LogP contribution >= 0.6 is 0 Å². The molecule has 0 aliphatic carbocycles.